The van der Waals surface area contributed by atoms with Crippen LogP contribution in [0, 0.1) is 11.7 Å². The second-order valence-corrected chi connectivity index (χ2v) is 6.30. The zero-order chi connectivity index (χ0) is 14.3. The Kier molecular flexibility index (Phi) is 3.52. The van der Waals surface area contributed by atoms with Gasteiger partial charge in [0.25, 0.3) is 0 Å². The Hall–Kier alpha value is -1.39. The molecule has 0 saturated heterocycles. The number of hydrogen-bond acceptors (Lipinski definition) is 1. The van der Waals surface area contributed by atoms with Gasteiger partial charge in [0.1, 0.15) is 0 Å². The van der Waals surface area contributed by atoms with Gasteiger partial charge in [0, 0.05) is 4.47 Å². The molecule has 0 saturated carbocycles. The van der Waals surface area contributed by atoms with E-state index in [0.717, 1.165) is 20.3 Å². The molecule has 1 unspecified atom stereocenters. The van der Waals surface area contributed by atoms with Crippen LogP contribution < -0.4 is 0 Å². The van der Waals surface area contributed by atoms with Gasteiger partial charge in [-0.3, -0.25) is 0 Å². The number of aromatic nitrogens is 2. The first-order valence-corrected chi connectivity index (χ1v) is 7.73. The fourth-order valence-electron chi connectivity index (χ4n) is 2.67. The van der Waals surface area contributed by atoms with Gasteiger partial charge in [-0.1, -0.05) is 40.2 Å². The number of H-pyrrole nitrogens is 1. The van der Waals surface area contributed by atoms with E-state index in [9.17, 15) is 0 Å². The maximum atomic E-state index is 5.51. The minimum absolute atomic E-state index is 0.201. The number of nitrogens with zero attached hydrogens (tertiary/aromatic N) is 1. The highest BCUT2D eigenvalue weighted by Gasteiger charge is 2.14. The number of aryl methyl sites for hydroxylation is 1. The lowest BCUT2D eigenvalue weighted by atomic mass is 10.0. The third kappa shape index (κ3) is 2.23. The van der Waals surface area contributed by atoms with Crippen molar-refractivity contribution >= 4 is 39.2 Å². The minimum atomic E-state index is 0.201. The first kappa shape index (κ1) is 13.6. The van der Waals surface area contributed by atoms with Crippen molar-refractivity contribution < 1.29 is 0 Å². The van der Waals surface area contributed by atoms with Crippen molar-refractivity contribution in [3.63, 3.8) is 0 Å². The van der Waals surface area contributed by atoms with Crippen molar-refractivity contribution in [2.45, 2.75) is 19.9 Å². The quantitative estimate of drug-likeness (QED) is 0.617. The highest BCUT2D eigenvalue weighted by Crippen LogP contribution is 2.28. The number of rotatable bonds is 2. The van der Waals surface area contributed by atoms with Crippen molar-refractivity contribution in [1.82, 2.24) is 9.55 Å². The minimum Gasteiger partial charge on any atom is -0.331 e. The maximum Gasteiger partial charge on any atom is 0.178 e. The summed E-state index contributed by atoms with van der Waals surface area (Å²) in [6.07, 6.45) is 0. The summed E-state index contributed by atoms with van der Waals surface area (Å²) in [5, 5.41) is 0. The Morgan fingerprint density at radius 3 is 2.70 bits per heavy atom. The molecule has 0 radical (unpaired) electrons. The van der Waals surface area contributed by atoms with Crippen molar-refractivity contribution in [3.05, 3.63) is 62.8 Å². The molecular formula is C16H15BrN2S. The Bertz CT molecular complexity index is 832. The van der Waals surface area contributed by atoms with Gasteiger partial charge in [0.15, 0.2) is 4.77 Å². The van der Waals surface area contributed by atoms with E-state index in [-0.39, 0.29) is 6.04 Å². The molecule has 0 spiro atoms. The van der Waals surface area contributed by atoms with Gasteiger partial charge in [-0.15, -0.1) is 0 Å². The molecule has 4 heteroatoms. The van der Waals surface area contributed by atoms with Crippen LogP contribution in [0.5, 0.6) is 0 Å². The standard InChI is InChI=1S/C16H15BrN2S/c1-10-5-3-4-6-13(10)11(2)19-15-9-12(17)7-8-14(15)18-16(19)20/h3-9,11H,1-2H3,(H,18,20). The van der Waals surface area contributed by atoms with Gasteiger partial charge >= 0.3 is 0 Å². The molecule has 102 valence electrons. The van der Waals surface area contributed by atoms with E-state index in [4.69, 9.17) is 12.2 Å². The number of halogens is 1. The SMILES string of the molecule is Cc1ccccc1C(C)n1c(=S)[nH]c2ccc(Br)cc21. The third-order valence-electron chi connectivity index (χ3n) is 3.71. The molecule has 3 rings (SSSR count). The lowest BCUT2D eigenvalue weighted by Crippen LogP contribution is -2.08. The van der Waals surface area contributed by atoms with Crippen molar-refractivity contribution in [3.8, 4) is 0 Å². The number of fused-ring (bicyclic) bond motifs is 1. The lowest BCUT2D eigenvalue weighted by molar-refractivity contribution is 0.645. The van der Waals surface area contributed by atoms with Gasteiger partial charge in [-0.05, 0) is 55.4 Å². The lowest BCUT2D eigenvalue weighted by Gasteiger charge is -2.17. The van der Waals surface area contributed by atoms with Crippen LogP contribution in [0.2, 0.25) is 0 Å². The van der Waals surface area contributed by atoms with E-state index in [1.165, 1.54) is 11.1 Å². The number of nitrogens with one attached hydrogen (secondary N) is 1. The summed E-state index contributed by atoms with van der Waals surface area (Å²) < 4.78 is 4.00. The fourth-order valence-corrected chi connectivity index (χ4v) is 3.39. The number of benzene rings is 2. The predicted molar refractivity (Wildman–Crippen MR) is 89.8 cm³/mol. The van der Waals surface area contributed by atoms with Gasteiger partial charge in [0.05, 0.1) is 17.1 Å². The largest absolute Gasteiger partial charge is 0.331 e. The summed E-state index contributed by atoms with van der Waals surface area (Å²) in [5.41, 5.74) is 4.77. The predicted octanol–water partition coefficient (Wildman–Crippen LogP) is 5.38. The topological polar surface area (TPSA) is 20.7 Å². The molecule has 20 heavy (non-hydrogen) atoms. The van der Waals surface area contributed by atoms with Crippen LogP contribution in [-0.2, 0) is 0 Å². The molecule has 2 aromatic carbocycles. The molecular weight excluding hydrogens is 332 g/mol. The molecule has 3 aromatic rings. The average Bonchev–Trinajstić information content (AvgIpc) is 2.74. The monoisotopic (exact) mass is 346 g/mol. The zero-order valence-corrected chi connectivity index (χ0v) is 13.8. The van der Waals surface area contributed by atoms with Crippen LogP contribution >= 0.6 is 28.1 Å². The van der Waals surface area contributed by atoms with Crippen molar-refractivity contribution in [2.24, 2.45) is 0 Å². The molecule has 1 N–H and O–H groups in total. The van der Waals surface area contributed by atoms with Gasteiger partial charge in [0.2, 0.25) is 0 Å². The zero-order valence-electron chi connectivity index (χ0n) is 11.4. The van der Waals surface area contributed by atoms with Crippen LogP contribution in [0.3, 0.4) is 0 Å². The summed E-state index contributed by atoms with van der Waals surface area (Å²) in [6, 6.07) is 14.8. The molecule has 0 amide bonds. The second kappa shape index (κ2) is 5.19. The van der Waals surface area contributed by atoms with Crippen molar-refractivity contribution in [1.29, 1.82) is 0 Å². The van der Waals surface area contributed by atoms with Crippen LogP contribution in [-0.4, -0.2) is 9.55 Å². The molecule has 1 aromatic heterocycles. The van der Waals surface area contributed by atoms with Gasteiger partial charge in [-0.25, -0.2) is 0 Å². The van der Waals surface area contributed by atoms with Crippen LogP contribution in [0.4, 0.5) is 0 Å². The second-order valence-electron chi connectivity index (χ2n) is 4.99. The summed E-state index contributed by atoms with van der Waals surface area (Å²) in [6.45, 7) is 4.33. The fraction of sp³-hybridized carbons (Fsp3) is 0.188. The molecule has 0 aliphatic carbocycles. The molecule has 0 aliphatic heterocycles. The van der Waals surface area contributed by atoms with E-state index >= 15 is 0 Å². The maximum absolute atomic E-state index is 5.51. The van der Waals surface area contributed by atoms with E-state index in [0.29, 0.717) is 0 Å². The summed E-state index contributed by atoms with van der Waals surface area (Å²) in [4.78, 5) is 3.28. The van der Waals surface area contributed by atoms with Crippen LogP contribution in [0.15, 0.2) is 46.9 Å². The first-order valence-electron chi connectivity index (χ1n) is 6.53. The smallest absolute Gasteiger partial charge is 0.178 e. The van der Waals surface area contributed by atoms with E-state index in [1.54, 1.807) is 0 Å². The first-order chi connectivity index (χ1) is 9.58. The Labute approximate surface area is 131 Å². The summed E-state index contributed by atoms with van der Waals surface area (Å²) in [5.74, 6) is 0. The Balaban J connectivity index is 2.24. The third-order valence-corrected chi connectivity index (χ3v) is 4.50. The average molecular weight is 347 g/mol. The van der Waals surface area contributed by atoms with E-state index in [2.05, 4.69) is 75.7 Å². The number of aromatic amines is 1. The van der Waals surface area contributed by atoms with E-state index < -0.39 is 0 Å². The summed E-state index contributed by atoms with van der Waals surface area (Å²) >= 11 is 9.04. The molecule has 0 aliphatic rings. The Morgan fingerprint density at radius 2 is 1.95 bits per heavy atom. The normalized spacial score (nSPS) is 12.8. The van der Waals surface area contributed by atoms with Crippen LogP contribution in [0.25, 0.3) is 11.0 Å². The highest BCUT2D eigenvalue weighted by atomic mass is 79.9. The van der Waals surface area contributed by atoms with Crippen molar-refractivity contribution in [2.75, 3.05) is 0 Å². The van der Waals surface area contributed by atoms with Gasteiger partial charge in [-0.2, -0.15) is 0 Å². The number of hydrogen-bond donors (Lipinski definition) is 1. The molecule has 1 atom stereocenters. The molecule has 1 heterocycles. The highest BCUT2D eigenvalue weighted by molar-refractivity contribution is 9.10. The molecule has 0 bridgehead atoms. The van der Waals surface area contributed by atoms with Crippen LogP contribution in [0.1, 0.15) is 24.1 Å². The molecule has 0 fully saturated rings. The summed E-state index contributed by atoms with van der Waals surface area (Å²) in [7, 11) is 0. The number of imidazole rings is 1. The molecule has 2 nitrogen and oxygen atoms in total. The Morgan fingerprint density at radius 1 is 1.20 bits per heavy atom. The van der Waals surface area contributed by atoms with E-state index in [1.807, 2.05) is 6.07 Å². The van der Waals surface area contributed by atoms with Gasteiger partial charge < -0.3 is 9.55 Å².